The normalized spacial score (nSPS) is 48.2. The molecule has 2 aliphatic rings. The second kappa shape index (κ2) is 2.96. The molecule has 0 spiro atoms. The van der Waals surface area contributed by atoms with Gasteiger partial charge in [0, 0.05) is 6.04 Å². The van der Waals surface area contributed by atoms with Crippen molar-refractivity contribution >= 4 is 0 Å². The van der Waals surface area contributed by atoms with E-state index in [0.29, 0.717) is 0 Å². The van der Waals surface area contributed by atoms with Gasteiger partial charge in [0.2, 0.25) is 0 Å². The molecular weight excluding hydrogens is 158 g/mol. The second-order valence-electron chi connectivity index (χ2n) is 3.68. The van der Waals surface area contributed by atoms with E-state index < -0.39 is 12.2 Å². The van der Waals surface area contributed by atoms with Crippen molar-refractivity contribution in [2.75, 3.05) is 13.2 Å². The Morgan fingerprint density at radius 3 is 2.67 bits per heavy atom. The standard InChI is InChI=1S/C8H15NO3/c10-4-6-8(12)7(11)5-2-1-3-9(5)6/h5-8,10-12H,1-4H2/t5-,6+,7-,8+/m0/s1. The van der Waals surface area contributed by atoms with E-state index in [2.05, 4.69) is 0 Å². The lowest BCUT2D eigenvalue weighted by Crippen LogP contribution is -2.38. The van der Waals surface area contributed by atoms with Gasteiger partial charge in [-0.2, -0.15) is 0 Å². The summed E-state index contributed by atoms with van der Waals surface area (Å²) in [6, 6.07) is -0.162. The van der Waals surface area contributed by atoms with E-state index in [1.807, 2.05) is 4.90 Å². The average molecular weight is 173 g/mol. The monoisotopic (exact) mass is 173 g/mol. The van der Waals surface area contributed by atoms with Crippen LogP contribution in [-0.4, -0.2) is 57.7 Å². The third-order valence-electron chi connectivity index (χ3n) is 3.09. The van der Waals surface area contributed by atoms with Crippen LogP contribution in [-0.2, 0) is 0 Å². The van der Waals surface area contributed by atoms with Gasteiger partial charge in [-0.1, -0.05) is 0 Å². The van der Waals surface area contributed by atoms with Gasteiger partial charge in [0.05, 0.1) is 24.9 Å². The largest absolute Gasteiger partial charge is 0.395 e. The minimum absolute atomic E-state index is 0.0608. The van der Waals surface area contributed by atoms with E-state index in [-0.39, 0.29) is 18.7 Å². The third kappa shape index (κ3) is 0.992. The molecule has 4 heteroatoms. The van der Waals surface area contributed by atoms with Gasteiger partial charge in [0.1, 0.15) is 0 Å². The summed E-state index contributed by atoms with van der Waals surface area (Å²) in [6.07, 6.45) is 0.574. The van der Waals surface area contributed by atoms with E-state index in [4.69, 9.17) is 5.11 Å². The number of aliphatic hydroxyl groups is 3. The van der Waals surface area contributed by atoms with Crippen LogP contribution >= 0.6 is 0 Å². The van der Waals surface area contributed by atoms with Gasteiger partial charge in [-0.15, -0.1) is 0 Å². The first kappa shape index (κ1) is 8.44. The van der Waals surface area contributed by atoms with Crippen LogP contribution in [0.1, 0.15) is 12.8 Å². The Labute approximate surface area is 71.4 Å². The average Bonchev–Trinajstić information content (AvgIpc) is 2.59. The highest BCUT2D eigenvalue weighted by molar-refractivity contribution is 5.03. The molecule has 2 saturated heterocycles. The van der Waals surface area contributed by atoms with Gasteiger partial charge >= 0.3 is 0 Å². The van der Waals surface area contributed by atoms with Crippen LogP contribution in [0, 0.1) is 0 Å². The molecule has 4 atom stereocenters. The third-order valence-corrected chi connectivity index (χ3v) is 3.09. The van der Waals surface area contributed by atoms with Crippen molar-refractivity contribution in [2.45, 2.75) is 37.1 Å². The zero-order chi connectivity index (χ0) is 8.72. The molecule has 2 aliphatic heterocycles. The summed E-state index contributed by atoms with van der Waals surface area (Å²) in [5, 5.41) is 28.1. The van der Waals surface area contributed by atoms with Gasteiger partial charge in [0.25, 0.3) is 0 Å². The van der Waals surface area contributed by atoms with E-state index in [0.717, 1.165) is 19.4 Å². The van der Waals surface area contributed by atoms with Crippen LogP contribution in [0.3, 0.4) is 0 Å². The number of rotatable bonds is 1. The molecule has 4 nitrogen and oxygen atoms in total. The zero-order valence-corrected chi connectivity index (χ0v) is 6.93. The fourth-order valence-electron chi connectivity index (χ4n) is 2.46. The lowest BCUT2D eigenvalue weighted by atomic mass is 10.1. The smallest absolute Gasteiger partial charge is 0.0991 e. The number of nitrogens with zero attached hydrogens (tertiary/aromatic N) is 1. The molecule has 0 amide bonds. The first-order valence-corrected chi connectivity index (χ1v) is 4.48. The van der Waals surface area contributed by atoms with Crippen molar-refractivity contribution < 1.29 is 15.3 Å². The van der Waals surface area contributed by atoms with Crippen LogP contribution in [0.25, 0.3) is 0 Å². The molecule has 2 rings (SSSR count). The topological polar surface area (TPSA) is 63.9 Å². The summed E-state index contributed by atoms with van der Waals surface area (Å²) >= 11 is 0. The van der Waals surface area contributed by atoms with E-state index >= 15 is 0 Å². The second-order valence-corrected chi connectivity index (χ2v) is 3.68. The molecular formula is C8H15NO3. The molecule has 0 aromatic heterocycles. The molecule has 0 bridgehead atoms. The lowest BCUT2D eigenvalue weighted by molar-refractivity contribution is 0.0154. The molecule has 2 heterocycles. The molecule has 0 radical (unpaired) electrons. The predicted molar refractivity (Wildman–Crippen MR) is 42.6 cm³/mol. The van der Waals surface area contributed by atoms with Crippen molar-refractivity contribution in [3.8, 4) is 0 Å². The number of fused-ring (bicyclic) bond motifs is 1. The maximum absolute atomic E-state index is 9.57. The number of aliphatic hydroxyl groups excluding tert-OH is 3. The molecule has 70 valence electrons. The SMILES string of the molecule is OC[C@@H]1[C@@H](O)[C@@H](O)[C@@H]2CCCN12. The van der Waals surface area contributed by atoms with E-state index in [9.17, 15) is 10.2 Å². The molecule has 2 fully saturated rings. The number of hydrogen-bond acceptors (Lipinski definition) is 4. The maximum Gasteiger partial charge on any atom is 0.0991 e. The van der Waals surface area contributed by atoms with E-state index in [1.165, 1.54) is 0 Å². The summed E-state index contributed by atoms with van der Waals surface area (Å²) in [5.41, 5.74) is 0. The Hall–Kier alpha value is -0.160. The summed E-state index contributed by atoms with van der Waals surface area (Å²) in [4.78, 5) is 2.02. The van der Waals surface area contributed by atoms with Crippen molar-refractivity contribution in [2.24, 2.45) is 0 Å². The minimum Gasteiger partial charge on any atom is -0.395 e. The van der Waals surface area contributed by atoms with Crippen LogP contribution in [0.2, 0.25) is 0 Å². The van der Waals surface area contributed by atoms with Crippen molar-refractivity contribution in [1.29, 1.82) is 0 Å². The Balaban J connectivity index is 2.15. The van der Waals surface area contributed by atoms with Crippen LogP contribution in [0.4, 0.5) is 0 Å². The van der Waals surface area contributed by atoms with Crippen LogP contribution in [0.5, 0.6) is 0 Å². The quantitative estimate of drug-likeness (QED) is 0.454. The Kier molecular flexibility index (Phi) is 2.08. The molecule has 0 aromatic carbocycles. The zero-order valence-electron chi connectivity index (χ0n) is 6.93. The first-order chi connectivity index (χ1) is 5.75. The summed E-state index contributed by atoms with van der Waals surface area (Å²) in [7, 11) is 0. The van der Waals surface area contributed by atoms with Crippen LogP contribution in [0.15, 0.2) is 0 Å². The highest BCUT2D eigenvalue weighted by Crippen LogP contribution is 2.32. The Morgan fingerprint density at radius 2 is 2.00 bits per heavy atom. The molecule has 12 heavy (non-hydrogen) atoms. The Morgan fingerprint density at radius 1 is 1.25 bits per heavy atom. The lowest BCUT2D eigenvalue weighted by Gasteiger charge is -2.21. The minimum atomic E-state index is -0.764. The highest BCUT2D eigenvalue weighted by atomic mass is 16.3. The van der Waals surface area contributed by atoms with Gasteiger partial charge in [-0.05, 0) is 19.4 Å². The molecule has 0 saturated carbocycles. The van der Waals surface area contributed by atoms with E-state index in [1.54, 1.807) is 0 Å². The van der Waals surface area contributed by atoms with Gasteiger partial charge in [-0.3, -0.25) is 4.90 Å². The Bertz CT molecular complexity index is 174. The van der Waals surface area contributed by atoms with Crippen LogP contribution < -0.4 is 0 Å². The summed E-state index contributed by atoms with van der Waals surface area (Å²) < 4.78 is 0. The van der Waals surface area contributed by atoms with Crippen molar-refractivity contribution in [3.63, 3.8) is 0 Å². The molecule has 0 unspecified atom stereocenters. The fraction of sp³-hybridized carbons (Fsp3) is 1.00. The maximum atomic E-state index is 9.57. The fourth-order valence-corrected chi connectivity index (χ4v) is 2.46. The van der Waals surface area contributed by atoms with Gasteiger partial charge in [0.15, 0.2) is 0 Å². The highest BCUT2D eigenvalue weighted by Gasteiger charge is 2.48. The molecule has 0 aromatic rings. The first-order valence-electron chi connectivity index (χ1n) is 4.48. The van der Waals surface area contributed by atoms with Gasteiger partial charge in [-0.25, -0.2) is 0 Å². The summed E-state index contributed by atoms with van der Waals surface area (Å²) in [6.45, 7) is 0.832. The van der Waals surface area contributed by atoms with Crippen molar-refractivity contribution in [3.05, 3.63) is 0 Å². The molecule has 3 N–H and O–H groups in total. The number of hydrogen-bond donors (Lipinski definition) is 3. The summed E-state index contributed by atoms with van der Waals surface area (Å²) in [5.74, 6) is 0. The van der Waals surface area contributed by atoms with Crippen molar-refractivity contribution in [1.82, 2.24) is 4.90 Å². The predicted octanol–water partition coefficient (Wildman–Crippen LogP) is -1.45. The van der Waals surface area contributed by atoms with Gasteiger partial charge < -0.3 is 15.3 Å². The molecule has 0 aliphatic carbocycles.